The molecule has 0 unspecified atom stereocenters. The zero-order valence-electron chi connectivity index (χ0n) is 20.2. The van der Waals surface area contributed by atoms with E-state index in [1.807, 2.05) is 0 Å². The van der Waals surface area contributed by atoms with Crippen LogP contribution in [0.1, 0.15) is 161 Å². The van der Waals surface area contributed by atoms with Crippen molar-refractivity contribution in [2.45, 2.75) is 161 Å². The van der Waals surface area contributed by atoms with E-state index < -0.39 is 0 Å². The van der Waals surface area contributed by atoms with E-state index in [0.717, 1.165) is 12.8 Å². The highest BCUT2D eigenvalue weighted by atomic mass is 14.0. The maximum absolute atomic E-state index is 3.91. The summed E-state index contributed by atoms with van der Waals surface area (Å²) in [5.74, 6) is 0. The maximum atomic E-state index is 3.91. The molecule has 0 atom stereocenters. The summed E-state index contributed by atoms with van der Waals surface area (Å²) in [6, 6.07) is 0. The minimum Gasteiger partial charge on any atom is -0.0885 e. The molecule has 0 saturated carbocycles. The van der Waals surface area contributed by atoms with Crippen molar-refractivity contribution in [1.82, 2.24) is 0 Å². The van der Waals surface area contributed by atoms with E-state index in [4.69, 9.17) is 0 Å². The lowest BCUT2D eigenvalue weighted by Gasteiger charge is -2.02. The van der Waals surface area contributed by atoms with Crippen molar-refractivity contribution in [1.29, 1.82) is 0 Å². The smallest absolute Gasteiger partial charge is 0.0351 e. The van der Waals surface area contributed by atoms with Gasteiger partial charge in [-0.05, 0) is 25.7 Å². The van der Waals surface area contributed by atoms with Gasteiger partial charge in [0.15, 0.2) is 0 Å². The average molecular weight is 405 g/mol. The van der Waals surface area contributed by atoms with Crippen molar-refractivity contribution < 1.29 is 0 Å². The van der Waals surface area contributed by atoms with Crippen molar-refractivity contribution in [2.24, 2.45) is 0 Å². The molecule has 0 fully saturated rings. The molecule has 2 radical (unpaired) electrons. The lowest BCUT2D eigenvalue weighted by Crippen LogP contribution is -1.83. The molecule has 0 nitrogen and oxygen atoms in total. The zero-order chi connectivity index (χ0) is 21.1. The second-order valence-corrected chi connectivity index (χ2v) is 9.18. The van der Waals surface area contributed by atoms with E-state index in [-0.39, 0.29) is 0 Å². The van der Waals surface area contributed by atoms with Crippen LogP contribution in [0.15, 0.2) is 12.2 Å². The summed E-state index contributed by atoms with van der Waals surface area (Å²) in [6.45, 7) is 7.82. The fourth-order valence-electron chi connectivity index (χ4n) is 4.12. The zero-order valence-corrected chi connectivity index (χ0v) is 20.2. The predicted octanol–water partition coefficient (Wildman–Crippen LogP) is 11.0. The van der Waals surface area contributed by atoms with E-state index in [1.165, 1.54) is 148 Å². The normalized spacial score (nSPS) is 11.7. The van der Waals surface area contributed by atoms with Crippen LogP contribution >= 0.6 is 0 Å². The van der Waals surface area contributed by atoms with Crippen molar-refractivity contribution in [3.05, 3.63) is 26.0 Å². The summed E-state index contributed by atoms with van der Waals surface area (Å²) in [7, 11) is 0. The Bertz CT molecular complexity index is 290. The first-order chi connectivity index (χ1) is 14.4. The minimum atomic E-state index is 1.12. The van der Waals surface area contributed by atoms with Gasteiger partial charge in [0.05, 0.1) is 0 Å². The van der Waals surface area contributed by atoms with Crippen molar-refractivity contribution >= 4 is 0 Å². The molecule has 0 aliphatic carbocycles. The Morgan fingerprint density at radius 2 is 0.483 bits per heavy atom. The Kier molecular flexibility index (Phi) is 27.5. The number of unbranched alkanes of at least 4 members (excludes halogenated alkanes) is 23. The van der Waals surface area contributed by atoms with Gasteiger partial charge in [0.25, 0.3) is 0 Å². The molecular weight excluding hydrogens is 348 g/mol. The second kappa shape index (κ2) is 27.7. The molecule has 0 aliphatic heterocycles. The minimum absolute atomic E-state index is 1.12. The molecule has 0 aromatic heterocycles. The number of hydrogen-bond donors (Lipinski definition) is 0. The van der Waals surface area contributed by atoms with Gasteiger partial charge >= 0.3 is 0 Å². The highest BCUT2D eigenvalue weighted by Gasteiger charge is 1.94. The van der Waals surface area contributed by atoms with E-state index in [2.05, 4.69) is 26.0 Å². The molecule has 0 aliphatic rings. The number of rotatable bonds is 25. The molecule has 0 heteroatoms. The van der Waals surface area contributed by atoms with Crippen LogP contribution in [-0.4, -0.2) is 0 Å². The van der Waals surface area contributed by atoms with Crippen molar-refractivity contribution in [3.63, 3.8) is 0 Å². The van der Waals surface area contributed by atoms with E-state index in [1.54, 1.807) is 0 Å². The molecule has 0 heterocycles. The molecule has 172 valence electrons. The van der Waals surface area contributed by atoms with Crippen LogP contribution < -0.4 is 0 Å². The molecule has 29 heavy (non-hydrogen) atoms. The molecule has 0 bridgehead atoms. The van der Waals surface area contributed by atoms with Crippen LogP contribution in [-0.2, 0) is 0 Å². The fourth-order valence-corrected chi connectivity index (χ4v) is 4.12. The highest BCUT2D eigenvalue weighted by Crippen LogP contribution is 2.14. The summed E-state index contributed by atoms with van der Waals surface area (Å²) in [6.07, 6.45) is 39.7. The van der Waals surface area contributed by atoms with E-state index in [9.17, 15) is 0 Å². The molecule has 0 aromatic carbocycles. The van der Waals surface area contributed by atoms with Gasteiger partial charge in [0.1, 0.15) is 0 Å². The summed E-state index contributed by atoms with van der Waals surface area (Å²) in [5, 5.41) is 0. The third-order valence-electron chi connectivity index (χ3n) is 6.16. The summed E-state index contributed by atoms with van der Waals surface area (Å²) in [4.78, 5) is 0. The molecular formula is C29H56. The van der Waals surface area contributed by atoms with E-state index in [0.29, 0.717) is 0 Å². The van der Waals surface area contributed by atoms with Gasteiger partial charge in [0.2, 0.25) is 0 Å². The highest BCUT2D eigenvalue weighted by molar-refractivity contribution is 4.81. The largest absolute Gasteiger partial charge is 0.0885 e. The maximum Gasteiger partial charge on any atom is -0.0351 e. The molecule has 0 saturated heterocycles. The van der Waals surface area contributed by atoms with Crippen LogP contribution in [0.3, 0.4) is 0 Å². The molecule has 0 amide bonds. The second-order valence-electron chi connectivity index (χ2n) is 9.18. The van der Waals surface area contributed by atoms with Gasteiger partial charge in [-0.2, -0.15) is 0 Å². The molecule has 0 rings (SSSR count). The predicted molar refractivity (Wildman–Crippen MR) is 135 cm³/mol. The van der Waals surface area contributed by atoms with Crippen LogP contribution in [0, 0.1) is 13.8 Å². The van der Waals surface area contributed by atoms with Gasteiger partial charge in [-0.15, -0.1) is 0 Å². The molecule has 0 aromatic rings. The Morgan fingerprint density at radius 1 is 0.276 bits per heavy atom. The lowest BCUT2D eigenvalue weighted by molar-refractivity contribution is 0.542. The van der Waals surface area contributed by atoms with Gasteiger partial charge in [-0.3, -0.25) is 0 Å². The third kappa shape index (κ3) is 27.7. The summed E-state index contributed by atoms with van der Waals surface area (Å²) < 4.78 is 0. The van der Waals surface area contributed by atoms with Gasteiger partial charge in [-0.25, -0.2) is 0 Å². The fraction of sp³-hybridized carbons (Fsp3) is 0.862. The topological polar surface area (TPSA) is 0 Å². The number of allylic oxidation sites excluding steroid dienone is 2. The lowest BCUT2D eigenvalue weighted by atomic mass is 10.0. The quantitative estimate of drug-likeness (QED) is 0.105. The Labute approximate surface area is 186 Å². The SMILES string of the molecule is [CH2]CCCCCCCCCCC/C=C/CCCCCCCCCCCCCC[CH2]. The molecule has 0 spiro atoms. The van der Waals surface area contributed by atoms with Crippen LogP contribution in [0.2, 0.25) is 0 Å². The monoisotopic (exact) mass is 404 g/mol. The summed E-state index contributed by atoms with van der Waals surface area (Å²) in [5.41, 5.74) is 0. The van der Waals surface area contributed by atoms with Gasteiger partial charge in [-0.1, -0.05) is 161 Å². The van der Waals surface area contributed by atoms with Gasteiger partial charge < -0.3 is 0 Å². The third-order valence-corrected chi connectivity index (χ3v) is 6.16. The summed E-state index contributed by atoms with van der Waals surface area (Å²) >= 11 is 0. The van der Waals surface area contributed by atoms with Crippen LogP contribution in [0.5, 0.6) is 0 Å². The Balaban J connectivity index is 3.05. The van der Waals surface area contributed by atoms with Crippen LogP contribution in [0.25, 0.3) is 0 Å². The molecule has 0 N–H and O–H groups in total. The van der Waals surface area contributed by atoms with Gasteiger partial charge in [0, 0.05) is 0 Å². The van der Waals surface area contributed by atoms with E-state index >= 15 is 0 Å². The average Bonchev–Trinajstić information content (AvgIpc) is 2.74. The Hall–Kier alpha value is -0.260. The van der Waals surface area contributed by atoms with Crippen molar-refractivity contribution in [2.75, 3.05) is 0 Å². The first-order valence-electron chi connectivity index (χ1n) is 13.6. The van der Waals surface area contributed by atoms with Crippen molar-refractivity contribution in [3.8, 4) is 0 Å². The standard InChI is InChI=1S/C29H56/c1-3-5-7-9-11-13-15-17-19-21-23-25-27-29-28-26-24-22-20-18-16-14-12-10-8-6-4-2/h25,27H,1-24,26,28-29H2/b27-25+. The first kappa shape index (κ1) is 28.7. The van der Waals surface area contributed by atoms with Crippen LogP contribution in [0.4, 0.5) is 0 Å². The number of hydrogen-bond acceptors (Lipinski definition) is 0. The Morgan fingerprint density at radius 3 is 0.724 bits per heavy atom. The first-order valence-corrected chi connectivity index (χ1v) is 13.6.